The number of ether oxygens (including phenoxy) is 1. The predicted molar refractivity (Wildman–Crippen MR) is 126 cm³/mol. The minimum Gasteiger partial charge on any atom is -0.490 e. The highest BCUT2D eigenvalue weighted by Gasteiger charge is 2.13. The molecule has 0 fully saturated rings. The summed E-state index contributed by atoms with van der Waals surface area (Å²) in [4.78, 5) is 22.9. The standard InChI is InChI=1S/C23H22ClN7O2/c1-31-13-15-3-2-4-18(9-15)28-22-16(11-25)12-27-23(30-22)29-19-10-17(24)5-6-20(19)33-8-7-26-21(32)14-31/h2-6,9-10,12H,7-8,13-14H2,1H3,(H,26,32)(H2,27,28,29,30). The van der Waals surface area contributed by atoms with Crippen LogP contribution in [0.1, 0.15) is 11.1 Å². The van der Waals surface area contributed by atoms with Crippen LogP contribution >= 0.6 is 11.6 Å². The fraction of sp³-hybridized carbons (Fsp3) is 0.217. The summed E-state index contributed by atoms with van der Waals surface area (Å²) in [6.07, 6.45) is 1.45. The topological polar surface area (TPSA) is 115 Å². The van der Waals surface area contributed by atoms with Gasteiger partial charge in [0.1, 0.15) is 24.0 Å². The van der Waals surface area contributed by atoms with Crippen LogP contribution in [0.3, 0.4) is 0 Å². The molecule has 1 aliphatic heterocycles. The number of carbonyl (C=O) groups is 1. The number of fused-ring (bicyclic) bond motifs is 5. The van der Waals surface area contributed by atoms with E-state index in [4.69, 9.17) is 16.3 Å². The van der Waals surface area contributed by atoms with Crippen LogP contribution in [0.5, 0.6) is 5.75 Å². The molecule has 10 heteroatoms. The molecule has 168 valence electrons. The van der Waals surface area contributed by atoms with Crippen LogP contribution < -0.4 is 20.7 Å². The number of amides is 1. The van der Waals surface area contributed by atoms with Gasteiger partial charge in [-0.15, -0.1) is 0 Å². The highest BCUT2D eigenvalue weighted by Crippen LogP contribution is 2.30. The summed E-state index contributed by atoms with van der Waals surface area (Å²) in [7, 11) is 1.88. The van der Waals surface area contributed by atoms with Gasteiger partial charge in [0.15, 0.2) is 5.82 Å². The smallest absolute Gasteiger partial charge is 0.234 e. The van der Waals surface area contributed by atoms with Crippen LogP contribution in [0.25, 0.3) is 0 Å². The Kier molecular flexibility index (Phi) is 6.88. The predicted octanol–water partition coefficient (Wildman–Crippen LogP) is 3.43. The molecule has 0 saturated heterocycles. The molecule has 1 aliphatic rings. The number of nitriles is 1. The minimum absolute atomic E-state index is 0.0898. The van der Waals surface area contributed by atoms with Gasteiger partial charge in [-0.2, -0.15) is 10.2 Å². The van der Waals surface area contributed by atoms with Crippen molar-refractivity contribution in [3.05, 3.63) is 64.8 Å². The van der Waals surface area contributed by atoms with Gasteiger partial charge in [0, 0.05) is 17.3 Å². The molecule has 2 aromatic carbocycles. The second-order valence-corrected chi connectivity index (χ2v) is 7.97. The average Bonchev–Trinajstić information content (AvgIpc) is 2.78. The molecule has 33 heavy (non-hydrogen) atoms. The van der Waals surface area contributed by atoms with Gasteiger partial charge < -0.3 is 20.7 Å². The molecule has 0 radical (unpaired) electrons. The lowest BCUT2D eigenvalue weighted by Gasteiger charge is -2.18. The number of hydrogen-bond donors (Lipinski definition) is 3. The molecule has 0 saturated carbocycles. The molecule has 2 heterocycles. The van der Waals surface area contributed by atoms with E-state index in [9.17, 15) is 10.1 Å². The largest absolute Gasteiger partial charge is 0.490 e. The zero-order valence-electron chi connectivity index (χ0n) is 17.9. The van der Waals surface area contributed by atoms with E-state index in [0.717, 1.165) is 11.3 Å². The minimum atomic E-state index is -0.0898. The molecule has 1 amide bonds. The number of likely N-dealkylation sites (N-methyl/N-ethyl adjacent to an activating group) is 1. The molecule has 4 rings (SSSR count). The van der Waals surface area contributed by atoms with E-state index in [1.54, 1.807) is 18.2 Å². The Hall–Kier alpha value is -3.87. The number of rotatable bonds is 0. The van der Waals surface area contributed by atoms with Crippen molar-refractivity contribution in [1.29, 1.82) is 5.26 Å². The maximum atomic E-state index is 12.3. The molecule has 3 N–H and O–H groups in total. The second-order valence-electron chi connectivity index (χ2n) is 7.53. The summed E-state index contributed by atoms with van der Waals surface area (Å²) in [6.45, 7) is 1.45. The highest BCUT2D eigenvalue weighted by molar-refractivity contribution is 6.31. The average molecular weight is 464 g/mol. The Morgan fingerprint density at radius 2 is 2.06 bits per heavy atom. The molecule has 0 aliphatic carbocycles. The zero-order valence-corrected chi connectivity index (χ0v) is 18.7. The van der Waals surface area contributed by atoms with E-state index in [1.807, 2.05) is 36.2 Å². The van der Waals surface area contributed by atoms with Gasteiger partial charge in [0.05, 0.1) is 25.0 Å². The van der Waals surface area contributed by atoms with Crippen molar-refractivity contribution in [3.63, 3.8) is 0 Å². The fourth-order valence-electron chi connectivity index (χ4n) is 3.37. The van der Waals surface area contributed by atoms with Crippen LogP contribution in [0.4, 0.5) is 23.1 Å². The van der Waals surface area contributed by atoms with Gasteiger partial charge >= 0.3 is 0 Å². The van der Waals surface area contributed by atoms with Gasteiger partial charge in [-0.3, -0.25) is 9.69 Å². The molecule has 1 aromatic heterocycles. The molecule has 0 unspecified atom stereocenters. The lowest BCUT2D eigenvalue weighted by molar-refractivity contribution is -0.122. The summed E-state index contributed by atoms with van der Waals surface area (Å²) in [6, 6.07) is 15.0. The Bertz CT molecular complexity index is 1210. The monoisotopic (exact) mass is 463 g/mol. The number of benzene rings is 2. The van der Waals surface area contributed by atoms with Gasteiger partial charge in [0.2, 0.25) is 11.9 Å². The number of nitrogens with one attached hydrogen (secondary N) is 3. The zero-order chi connectivity index (χ0) is 23.2. The third-order valence-electron chi connectivity index (χ3n) is 4.83. The van der Waals surface area contributed by atoms with E-state index in [1.165, 1.54) is 6.20 Å². The summed E-state index contributed by atoms with van der Waals surface area (Å²) in [5.41, 5.74) is 2.64. The van der Waals surface area contributed by atoms with Crippen molar-refractivity contribution in [2.45, 2.75) is 6.54 Å². The summed E-state index contributed by atoms with van der Waals surface area (Å²) in [5.74, 6) is 1.08. The maximum absolute atomic E-state index is 12.3. The fourth-order valence-corrected chi connectivity index (χ4v) is 3.54. The Labute approximate surface area is 196 Å². The maximum Gasteiger partial charge on any atom is 0.234 e. The number of anilines is 4. The normalized spacial score (nSPS) is 14.8. The molecule has 4 bridgehead atoms. The van der Waals surface area contributed by atoms with Gasteiger partial charge in [0.25, 0.3) is 0 Å². The summed E-state index contributed by atoms with van der Waals surface area (Å²) < 4.78 is 5.84. The van der Waals surface area contributed by atoms with E-state index in [-0.39, 0.29) is 25.0 Å². The van der Waals surface area contributed by atoms with E-state index in [0.29, 0.717) is 40.9 Å². The first-order valence-corrected chi connectivity index (χ1v) is 10.7. The van der Waals surface area contributed by atoms with Crippen LogP contribution in [-0.2, 0) is 11.3 Å². The van der Waals surface area contributed by atoms with Crippen LogP contribution in [0.2, 0.25) is 5.02 Å². The van der Waals surface area contributed by atoms with E-state index in [2.05, 4.69) is 32.0 Å². The van der Waals surface area contributed by atoms with Crippen molar-refractivity contribution in [1.82, 2.24) is 20.2 Å². The first-order chi connectivity index (χ1) is 16.0. The van der Waals surface area contributed by atoms with Crippen LogP contribution in [0.15, 0.2) is 48.7 Å². The quantitative estimate of drug-likeness (QED) is 0.464. The van der Waals surface area contributed by atoms with Gasteiger partial charge in [-0.1, -0.05) is 23.7 Å². The first kappa shape index (κ1) is 22.3. The van der Waals surface area contributed by atoms with Crippen LogP contribution in [-0.4, -0.2) is 47.5 Å². The molecule has 0 spiro atoms. The molecular formula is C23H22ClN7O2. The number of aromatic nitrogens is 2. The van der Waals surface area contributed by atoms with Crippen molar-refractivity contribution in [3.8, 4) is 11.8 Å². The molecule has 9 nitrogen and oxygen atoms in total. The Morgan fingerprint density at radius 3 is 2.91 bits per heavy atom. The van der Waals surface area contributed by atoms with Crippen molar-refractivity contribution in [2.75, 3.05) is 37.4 Å². The highest BCUT2D eigenvalue weighted by atomic mass is 35.5. The van der Waals surface area contributed by atoms with E-state index < -0.39 is 0 Å². The van der Waals surface area contributed by atoms with Crippen molar-refractivity contribution < 1.29 is 9.53 Å². The van der Waals surface area contributed by atoms with Crippen molar-refractivity contribution >= 4 is 40.6 Å². The molecule has 3 aromatic rings. The molecule has 0 atom stereocenters. The summed E-state index contributed by atoms with van der Waals surface area (Å²) in [5, 5.41) is 19.2. The summed E-state index contributed by atoms with van der Waals surface area (Å²) >= 11 is 6.17. The van der Waals surface area contributed by atoms with Crippen molar-refractivity contribution in [2.24, 2.45) is 0 Å². The lowest BCUT2D eigenvalue weighted by atomic mass is 10.2. The lowest BCUT2D eigenvalue weighted by Crippen LogP contribution is -2.36. The first-order valence-electron chi connectivity index (χ1n) is 10.3. The van der Waals surface area contributed by atoms with E-state index >= 15 is 0 Å². The van der Waals surface area contributed by atoms with Gasteiger partial charge in [-0.05, 0) is 42.9 Å². The third kappa shape index (κ3) is 5.88. The Balaban J connectivity index is 1.71. The number of halogens is 1. The Morgan fingerprint density at radius 1 is 1.18 bits per heavy atom. The number of nitrogens with zero attached hydrogens (tertiary/aromatic N) is 4. The number of carbonyl (C=O) groups excluding carboxylic acids is 1. The van der Waals surface area contributed by atoms with Crippen LogP contribution in [0, 0.1) is 11.3 Å². The van der Waals surface area contributed by atoms with Gasteiger partial charge in [-0.25, -0.2) is 4.98 Å². The number of hydrogen-bond acceptors (Lipinski definition) is 8. The second kappa shape index (κ2) is 10.2. The molecular weight excluding hydrogens is 442 g/mol. The SMILES string of the molecule is CN1CC(=O)NCCOc2ccc(Cl)cc2Nc2ncc(C#N)c(n2)Nc2cccc(c2)C1. The third-order valence-corrected chi connectivity index (χ3v) is 5.07.